The van der Waals surface area contributed by atoms with E-state index in [2.05, 4.69) is 0 Å². The number of aryl methyl sites for hydroxylation is 2. The van der Waals surface area contributed by atoms with Gasteiger partial charge in [0.1, 0.15) is 11.6 Å². The molecule has 2 heterocycles. The van der Waals surface area contributed by atoms with Crippen molar-refractivity contribution in [2.45, 2.75) is 26.4 Å². The third kappa shape index (κ3) is 3.44. The standard InChI is InChI=1S/C24H20FNO3S/c1-14-9-10-15(2)18(12-14)22(27)20-21(17-7-3-4-8-19(17)25)26(24(29)23(20)28)13-16-6-5-11-30-16/h3-12,21,27H,13H2,1-2H3/b22-20+. The van der Waals surface area contributed by atoms with Gasteiger partial charge < -0.3 is 10.0 Å². The predicted molar refractivity (Wildman–Crippen MR) is 114 cm³/mol. The Morgan fingerprint density at radius 1 is 1.10 bits per heavy atom. The summed E-state index contributed by atoms with van der Waals surface area (Å²) in [5.74, 6) is -2.37. The van der Waals surface area contributed by atoms with Gasteiger partial charge >= 0.3 is 0 Å². The highest BCUT2D eigenvalue weighted by Crippen LogP contribution is 2.41. The van der Waals surface area contributed by atoms with Gasteiger partial charge in [-0.05, 0) is 43.0 Å². The summed E-state index contributed by atoms with van der Waals surface area (Å²) >= 11 is 1.45. The Kier molecular flexibility index (Phi) is 5.26. The van der Waals surface area contributed by atoms with E-state index in [1.54, 1.807) is 24.3 Å². The summed E-state index contributed by atoms with van der Waals surface area (Å²) in [4.78, 5) is 28.2. The van der Waals surface area contributed by atoms with Crippen molar-refractivity contribution in [3.8, 4) is 0 Å². The van der Waals surface area contributed by atoms with Gasteiger partial charge in [-0.15, -0.1) is 11.3 Å². The van der Waals surface area contributed by atoms with Gasteiger partial charge in [0, 0.05) is 16.0 Å². The fourth-order valence-electron chi connectivity index (χ4n) is 3.77. The molecule has 1 aliphatic rings. The average Bonchev–Trinajstić information content (AvgIpc) is 3.32. The summed E-state index contributed by atoms with van der Waals surface area (Å²) in [6, 6.07) is 14.2. The van der Waals surface area contributed by atoms with Crippen LogP contribution in [0.3, 0.4) is 0 Å². The lowest BCUT2D eigenvalue weighted by atomic mass is 9.93. The summed E-state index contributed by atoms with van der Waals surface area (Å²) < 4.78 is 14.8. The molecule has 0 aliphatic carbocycles. The molecule has 1 saturated heterocycles. The summed E-state index contributed by atoms with van der Waals surface area (Å²) in [6.07, 6.45) is 0. The topological polar surface area (TPSA) is 57.6 Å². The average molecular weight is 421 g/mol. The van der Waals surface area contributed by atoms with E-state index in [-0.39, 0.29) is 23.4 Å². The lowest BCUT2D eigenvalue weighted by Crippen LogP contribution is -2.29. The zero-order chi connectivity index (χ0) is 21.4. The number of nitrogens with zero attached hydrogens (tertiary/aromatic N) is 1. The number of amides is 1. The van der Waals surface area contributed by atoms with Crippen molar-refractivity contribution in [3.05, 3.63) is 98.5 Å². The van der Waals surface area contributed by atoms with Gasteiger partial charge in [-0.1, -0.05) is 42.0 Å². The second kappa shape index (κ2) is 7.88. The smallest absolute Gasteiger partial charge is 0.295 e. The number of thiophene rings is 1. The second-order valence-electron chi connectivity index (χ2n) is 7.35. The summed E-state index contributed by atoms with van der Waals surface area (Å²) in [5, 5.41) is 13.0. The molecule has 1 atom stereocenters. The number of carbonyl (C=O) groups excluding carboxylic acids is 2. The van der Waals surface area contributed by atoms with Crippen LogP contribution < -0.4 is 0 Å². The van der Waals surface area contributed by atoms with Gasteiger partial charge in [-0.2, -0.15) is 0 Å². The number of ketones is 1. The molecule has 0 spiro atoms. The number of benzene rings is 2. The highest BCUT2D eigenvalue weighted by molar-refractivity contribution is 7.09. The Labute approximate surface area is 177 Å². The highest BCUT2D eigenvalue weighted by Gasteiger charge is 2.47. The minimum absolute atomic E-state index is 0.0876. The SMILES string of the molecule is Cc1ccc(C)c(/C(O)=C2\C(=O)C(=O)N(Cc3cccs3)C2c2ccccc2F)c1. The first-order chi connectivity index (χ1) is 14.4. The van der Waals surface area contributed by atoms with E-state index in [1.807, 2.05) is 43.5 Å². The molecule has 1 aliphatic heterocycles. The van der Waals surface area contributed by atoms with E-state index < -0.39 is 23.5 Å². The van der Waals surface area contributed by atoms with Crippen molar-refractivity contribution < 1.29 is 19.1 Å². The number of hydrogen-bond acceptors (Lipinski definition) is 4. The monoisotopic (exact) mass is 421 g/mol. The lowest BCUT2D eigenvalue weighted by molar-refractivity contribution is -0.140. The van der Waals surface area contributed by atoms with Crippen LogP contribution in [0.1, 0.15) is 33.2 Å². The number of aliphatic hydroxyl groups is 1. The molecular weight excluding hydrogens is 401 g/mol. The Hall–Kier alpha value is -3.25. The molecule has 0 radical (unpaired) electrons. The maximum Gasteiger partial charge on any atom is 0.295 e. The molecule has 4 nitrogen and oxygen atoms in total. The molecule has 1 unspecified atom stereocenters. The summed E-state index contributed by atoms with van der Waals surface area (Å²) in [7, 11) is 0. The van der Waals surface area contributed by atoms with Crippen molar-refractivity contribution in [3.63, 3.8) is 0 Å². The van der Waals surface area contributed by atoms with Crippen molar-refractivity contribution in [1.29, 1.82) is 0 Å². The fraction of sp³-hybridized carbons (Fsp3) is 0.167. The number of aliphatic hydroxyl groups excluding tert-OH is 1. The van der Waals surface area contributed by atoms with Gasteiger partial charge in [-0.25, -0.2) is 4.39 Å². The van der Waals surface area contributed by atoms with E-state index in [0.29, 0.717) is 5.56 Å². The molecule has 1 fully saturated rings. The Morgan fingerprint density at radius 3 is 2.57 bits per heavy atom. The Bertz CT molecular complexity index is 1170. The molecule has 0 bridgehead atoms. The van der Waals surface area contributed by atoms with E-state index in [9.17, 15) is 19.1 Å². The number of halogens is 1. The van der Waals surface area contributed by atoms with Crippen LogP contribution in [0, 0.1) is 19.7 Å². The van der Waals surface area contributed by atoms with Crippen molar-refractivity contribution in [2.24, 2.45) is 0 Å². The molecule has 6 heteroatoms. The van der Waals surface area contributed by atoms with Crippen LogP contribution in [0.25, 0.3) is 5.76 Å². The molecule has 3 aromatic rings. The molecule has 2 aromatic carbocycles. The van der Waals surface area contributed by atoms with Gasteiger partial charge in [0.15, 0.2) is 0 Å². The maximum absolute atomic E-state index is 14.8. The molecule has 4 rings (SSSR count). The van der Waals surface area contributed by atoms with Crippen LogP contribution in [0.2, 0.25) is 0 Å². The van der Waals surface area contributed by atoms with Crippen molar-refractivity contribution in [1.82, 2.24) is 4.90 Å². The Morgan fingerprint density at radius 2 is 1.87 bits per heavy atom. The van der Waals surface area contributed by atoms with E-state index in [0.717, 1.165) is 16.0 Å². The molecular formula is C24H20FNO3S. The Balaban J connectivity index is 1.93. The first-order valence-corrected chi connectivity index (χ1v) is 10.4. The zero-order valence-electron chi connectivity index (χ0n) is 16.6. The summed E-state index contributed by atoms with van der Waals surface area (Å²) in [6.45, 7) is 3.85. The predicted octanol–water partition coefficient (Wildman–Crippen LogP) is 5.13. The number of Topliss-reactive ketones (excluding diaryl/α,β-unsaturated/α-hetero) is 1. The van der Waals surface area contributed by atoms with Crippen LogP contribution >= 0.6 is 11.3 Å². The number of rotatable bonds is 4. The van der Waals surface area contributed by atoms with Crippen molar-refractivity contribution in [2.75, 3.05) is 0 Å². The molecule has 152 valence electrons. The number of hydrogen-bond donors (Lipinski definition) is 1. The normalized spacial score (nSPS) is 18.2. The van der Waals surface area contributed by atoms with Gasteiger partial charge in [0.2, 0.25) is 0 Å². The fourth-order valence-corrected chi connectivity index (χ4v) is 4.47. The van der Waals surface area contributed by atoms with Crippen LogP contribution in [-0.2, 0) is 16.1 Å². The largest absolute Gasteiger partial charge is 0.507 e. The third-order valence-electron chi connectivity index (χ3n) is 5.29. The van der Waals surface area contributed by atoms with Crippen LogP contribution in [0.4, 0.5) is 4.39 Å². The minimum Gasteiger partial charge on any atom is -0.507 e. The van der Waals surface area contributed by atoms with Gasteiger partial charge in [0.05, 0.1) is 18.2 Å². The first kappa shape index (κ1) is 20.0. The zero-order valence-corrected chi connectivity index (χ0v) is 17.4. The van der Waals surface area contributed by atoms with Crippen molar-refractivity contribution >= 4 is 28.8 Å². The first-order valence-electron chi connectivity index (χ1n) is 9.51. The molecule has 1 aromatic heterocycles. The van der Waals surface area contributed by atoms with E-state index in [4.69, 9.17) is 0 Å². The van der Waals surface area contributed by atoms with Crippen LogP contribution in [0.5, 0.6) is 0 Å². The van der Waals surface area contributed by atoms with Gasteiger partial charge in [-0.3, -0.25) is 9.59 Å². The lowest BCUT2D eigenvalue weighted by Gasteiger charge is -2.25. The summed E-state index contributed by atoms with van der Waals surface area (Å²) in [5.41, 5.74) is 2.22. The quantitative estimate of drug-likeness (QED) is 0.361. The number of likely N-dealkylation sites (tertiary alicyclic amines) is 1. The highest BCUT2D eigenvalue weighted by atomic mass is 32.1. The van der Waals surface area contributed by atoms with Crippen LogP contribution in [-0.4, -0.2) is 21.7 Å². The molecule has 0 saturated carbocycles. The van der Waals surface area contributed by atoms with Gasteiger partial charge in [0.25, 0.3) is 11.7 Å². The molecule has 1 N–H and O–H groups in total. The van der Waals surface area contributed by atoms with E-state index >= 15 is 0 Å². The third-order valence-corrected chi connectivity index (χ3v) is 6.16. The van der Waals surface area contributed by atoms with E-state index in [1.165, 1.54) is 22.3 Å². The minimum atomic E-state index is -1.01. The second-order valence-corrected chi connectivity index (χ2v) is 8.38. The maximum atomic E-state index is 14.8. The number of carbonyl (C=O) groups is 2. The molecule has 1 amide bonds. The van der Waals surface area contributed by atoms with Crippen LogP contribution in [0.15, 0.2) is 65.6 Å². The molecule has 30 heavy (non-hydrogen) atoms.